The number of nitrogens with two attached hydrogens (primary N) is 1. The van der Waals surface area contributed by atoms with Crippen molar-refractivity contribution in [1.82, 2.24) is 4.57 Å². The zero-order chi connectivity index (χ0) is 12.4. The molecular weight excluding hydrogens is 208 g/mol. The minimum absolute atomic E-state index is 0.594. The van der Waals surface area contributed by atoms with Crippen LogP contribution in [0.1, 0.15) is 27.9 Å². The van der Waals surface area contributed by atoms with Crippen molar-refractivity contribution in [2.45, 2.75) is 33.9 Å². The fourth-order valence-corrected chi connectivity index (χ4v) is 2.42. The summed E-state index contributed by atoms with van der Waals surface area (Å²) in [6.45, 7) is 8.01. The van der Waals surface area contributed by atoms with Crippen LogP contribution in [0.15, 0.2) is 30.5 Å². The summed E-state index contributed by atoms with van der Waals surface area (Å²) < 4.78 is 2.23. The summed E-state index contributed by atoms with van der Waals surface area (Å²) in [7, 11) is 0. The predicted molar refractivity (Wildman–Crippen MR) is 72.1 cm³/mol. The van der Waals surface area contributed by atoms with Gasteiger partial charge < -0.3 is 10.3 Å². The molecular formula is C15H20N2. The summed E-state index contributed by atoms with van der Waals surface area (Å²) in [5, 5.41) is 0. The Morgan fingerprint density at radius 2 is 1.76 bits per heavy atom. The molecule has 1 heterocycles. The standard InChI is InChI=1S/C15H20N2/c1-11-7-12(2)15(13(3)8-11)10-17-6-4-5-14(17)9-16/h4-8H,9-10,16H2,1-3H3. The van der Waals surface area contributed by atoms with Crippen LogP contribution in [0.2, 0.25) is 0 Å². The molecule has 0 amide bonds. The Morgan fingerprint density at radius 3 is 2.35 bits per heavy atom. The lowest BCUT2D eigenvalue weighted by Gasteiger charge is -2.14. The molecule has 0 atom stereocenters. The van der Waals surface area contributed by atoms with E-state index in [0.717, 1.165) is 6.54 Å². The van der Waals surface area contributed by atoms with Crippen molar-refractivity contribution < 1.29 is 0 Å². The maximum Gasteiger partial charge on any atom is 0.0478 e. The van der Waals surface area contributed by atoms with Crippen LogP contribution in [0.3, 0.4) is 0 Å². The molecule has 2 N–H and O–H groups in total. The summed E-state index contributed by atoms with van der Waals surface area (Å²) in [6.07, 6.45) is 2.10. The van der Waals surface area contributed by atoms with E-state index in [1.54, 1.807) is 0 Å². The highest BCUT2D eigenvalue weighted by Crippen LogP contribution is 2.18. The number of hydrogen-bond donors (Lipinski definition) is 1. The maximum atomic E-state index is 5.73. The van der Waals surface area contributed by atoms with Crippen molar-refractivity contribution in [3.8, 4) is 0 Å². The van der Waals surface area contributed by atoms with Gasteiger partial charge in [-0.25, -0.2) is 0 Å². The van der Waals surface area contributed by atoms with Crippen LogP contribution < -0.4 is 5.73 Å². The normalized spacial score (nSPS) is 10.8. The van der Waals surface area contributed by atoms with Gasteiger partial charge in [-0.1, -0.05) is 17.7 Å². The van der Waals surface area contributed by atoms with E-state index in [0.29, 0.717) is 6.54 Å². The predicted octanol–water partition coefficient (Wildman–Crippen LogP) is 2.92. The average Bonchev–Trinajstić information content (AvgIpc) is 2.70. The number of aromatic nitrogens is 1. The smallest absolute Gasteiger partial charge is 0.0478 e. The van der Waals surface area contributed by atoms with Gasteiger partial charge in [0.1, 0.15) is 0 Å². The van der Waals surface area contributed by atoms with Crippen molar-refractivity contribution in [2.75, 3.05) is 0 Å². The zero-order valence-corrected chi connectivity index (χ0v) is 10.8. The van der Waals surface area contributed by atoms with Gasteiger partial charge in [0.2, 0.25) is 0 Å². The number of nitrogens with zero attached hydrogens (tertiary/aromatic N) is 1. The van der Waals surface area contributed by atoms with Crippen LogP contribution in [0.25, 0.3) is 0 Å². The fourth-order valence-electron chi connectivity index (χ4n) is 2.42. The van der Waals surface area contributed by atoms with Gasteiger partial charge in [0.05, 0.1) is 0 Å². The second-order valence-electron chi connectivity index (χ2n) is 4.71. The number of rotatable bonds is 3. The number of hydrogen-bond acceptors (Lipinski definition) is 1. The summed E-state index contributed by atoms with van der Waals surface area (Å²) in [6, 6.07) is 8.63. The summed E-state index contributed by atoms with van der Waals surface area (Å²) in [4.78, 5) is 0. The Morgan fingerprint density at radius 1 is 1.12 bits per heavy atom. The lowest BCUT2D eigenvalue weighted by atomic mass is 10.00. The van der Waals surface area contributed by atoms with Crippen LogP contribution in [-0.2, 0) is 13.1 Å². The molecule has 17 heavy (non-hydrogen) atoms. The van der Waals surface area contributed by atoms with Crippen LogP contribution in [0, 0.1) is 20.8 Å². The molecule has 90 valence electrons. The topological polar surface area (TPSA) is 30.9 Å². The molecule has 0 saturated carbocycles. The van der Waals surface area contributed by atoms with Crippen molar-refractivity contribution in [1.29, 1.82) is 0 Å². The monoisotopic (exact) mass is 228 g/mol. The highest BCUT2D eigenvalue weighted by molar-refractivity contribution is 5.37. The van der Waals surface area contributed by atoms with Crippen molar-refractivity contribution >= 4 is 0 Å². The molecule has 1 aromatic carbocycles. The van der Waals surface area contributed by atoms with E-state index < -0.39 is 0 Å². The highest BCUT2D eigenvalue weighted by atomic mass is 15.0. The second-order valence-corrected chi connectivity index (χ2v) is 4.71. The minimum Gasteiger partial charge on any atom is -0.346 e. The summed E-state index contributed by atoms with van der Waals surface area (Å²) in [5.41, 5.74) is 12.4. The van der Waals surface area contributed by atoms with Gasteiger partial charge >= 0.3 is 0 Å². The Hall–Kier alpha value is -1.54. The summed E-state index contributed by atoms with van der Waals surface area (Å²) >= 11 is 0. The van der Waals surface area contributed by atoms with E-state index >= 15 is 0 Å². The Bertz CT molecular complexity index is 500. The Labute approximate surface area is 103 Å². The molecule has 2 nitrogen and oxygen atoms in total. The van der Waals surface area contributed by atoms with Crippen molar-refractivity contribution in [3.05, 3.63) is 58.4 Å². The minimum atomic E-state index is 0.594. The first kappa shape index (κ1) is 11.9. The van der Waals surface area contributed by atoms with Crippen LogP contribution in [-0.4, -0.2) is 4.57 Å². The molecule has 0 aliphatic carbocycles. The first-order chi connectivity index (χ1) is 8.11. The third-order valence-corrected chi connectivity index (χ3v) is 3.30. The molecule has 0 aliphatic heterocycles. The number of benzene rings is 1. The van der Waals surface area contributed by atoms with Crippen LogP contribution >= 0.6 is 0 Å². The third-order valence-electron chi connectivity index (χ3n) is 3.30. The van der Waals surface area contributed by atoms with E-state index in [9.17, 15) is 0 Å². The van der Waals surface area contributed by atoms with Crippen molar-refractivity contribution in [3.63, 3.8) is 0 Å². The SMILES string of the molecule is Cc1cc(C)c(Cn2cccc2CN)c(C)c1. The van der Waals surface area contributed by atoms with Crippen LogP contribution in [0.4, 0.5) is 0 Å². The van der Waals surface area contributed by atoms with Gasteiger partial charge in [0.15, 0.2) is 0 Å². The van der Waals surface area contributed by atoms with Gasteiger partial charge in [-0.3, -0.25) is 0 Å². The Balaban J connectivity index is 2.36. The van der Waals surface area contributed by atoms with Gasteiger partial charge in [0, 0.05) is 25.0 Å². The van der Waals surface area contributed by atoms with Gasteiger partial charge in [-0.2, -0.15) is 0 Å². The van der Waals surface area contributed by atoms with E-state index in [1.165, 1.54) is 27.9 Å². The second kappa shape index (κ2) is 4.76. The van der Waals surface area contributed by atoms with Crippen molar-refractivity contribution in [2.24, 2.45) is 5.73 Å². The Kier molecular flexibility index (Phi) is 3.34. The molecule has 0 bridgehead atoms. The molecule has 0 spiro atoms. The van der Waals surface area contributed by atoms with Crippen LogP contribution in [0.5, 0.6) is 0 Å². The van der Waals surface area contributed by atoms with Gasteiger partial charge in [0.25, 0.3) is 0 Å². The maximum absolute atomic E-state index is 5.73. The number of aryl methyl sites for hydroxylation is 3. The van der Waals surface area contributed by atoms with Gasteiger partial charge in [-0.05, 0) is 49.6 Å². The lowest BCUT2D eigenvalue weighted by molar-refractivity contribution is 0.736. The average molecular weight is 228 g/mol. The quantitative estimate of drug-likeness (QED) is 0.860. The van der Waals surface area contributed by atoms with Gasteiger partial charge in [-0.15, -0.1) is 0 Å². The first-order valence-electron chi connectivity index (χ1n) is 6.02. The molecule has 0 aliphatic rings. The van der Waals surface area contributed by atoms with E-state index in [-0.39, 0.29) is 0 Å². The molecule has 0 radical (unpaired) electrons. The molecule has 0 unspecified atom stereocenters. The molecule has 2 rings (SSSR count). The molecule has 2 aromatic rings. The van der Waals surface area contributed by atoms with E-state index in [2.05, 4.69) is 55.8 Å². The zero-order valence-electron chi connectivity index (χ0n) is 10.8. The summed E-state index contributed by atoms with van der Waals surface area (Å²) in [5.74, 6) is 0. The molecule has 0 fully saturated rings. The van der Waals surface area contributed by atoms with E-state index in [1.807, 2.05) is 0 Å². The third kappa shape index (κ3) is 2.42. The first-order valence-corrected chi connectivity index (χ1v) is 6.02. The largest absolute Gasteiger partial charge is 0.346 e. The molecule has 1 aromatic heterocycles. The molecule has 2 heteroatoms. The lowest BCUT2D eigenvalue weighted by Crippen LogP contribution is -2.09. The van der Waals surface area contributed by atoms with E-state index in [4.69, 9.17) is 5.73 Å². The highest BCUT2D eigenvalue weighted by Gasteiger charge is 2.06. The fraction of sp³-hybridized carbons (Fsp3) is 0.333. The molecule has 0 saturated heterocycles.